The van der Waals surface area contributed by atoms with E-state index in [4.69, 9.17) is 16.9 Å². The number of halogens is 1. The van der Waals surface area contributed by atoms with Gasteiger partial charge in [-0.25, -0.2) is 0 Å². The molecule has 1 aliphatic rings. The Morgan fingerprint density at radius 1 is 1.47 bits per heavy atom. The van der Waals surface area contributed by atoms with Crippen LogP contribution in [0.5, 0.6) is 0 Å². The van der Waals surface area contributed by atoms with Crippen molar-refractivity contribution in [2.45, 2.75) is 25.3 Å². The van der Waals surface area contributed by atoms with E-state index in [-0.39, 0.29) is 12.3 Å². The molecule has 4 nitrogen and oxygen atoms in total. The quantitative estimate of drug-likeness (QED) is 0.920. The van der Waals surface area contributed by atoms with E-state index < -0.39 is 6.04 Å². The normalized spacial score (nSPS) is 15.9. The van der Waals surface area contributed by atoms with Crippen LogP contribution in [0.4, 0.5) is 5.69 Å². The molecule has 0 aliphatic carbocycles. The average molecular weight is 278 g/mol. The lowest BCUT2D eigenvalue weighted by atomic mass is 10.2. The number of anilines is 1. The molecule has 1 heterocycles. The fourth-order valence-corrected chi connectivity index (χ4v) is 2.37. The van der Waals surface area contributed by atoms with E-state index in [1.165, 1.54) is 0 Å². The van der Waals surface area contributed by atoms with Crippen molar-refractivity contribution in [3.63, 3.8) is 0 Å². The van der Waals surface area contributed by atoms with E-state index in [1.807, 2.05) is 11.0 Å². The van der Waals surface area contributed by atoms with E-state index in [9.17, 15) is 4.79 Å². The fraction of sp³-hybridized carbons (Fsp3) is 0.429. The molecule has 0 aromatic heterocycles. The molecule has 1 saturated heterocycles. The summed E-state index contributed by atoms with van der Waals surface area (Å²) in [6.07, 6.45) is 2.32. The van der Waals surface area contributed by atoms with Crippen LogP contribution >= 0.6 is 11.6 Å². The standard InChI is InChI=1S/C14H16ClN3O/c15-11-4-3-5-12(8-11)17-13(10-16)9-14(19)18-6-1-2-7-18/h3-5,8,13,17H,1-2,6-7,9H2. The van der Waals surface area contributed by atoms with Gasteiger partial charge in [0.25, 0.3) is 0 Å². The Morgan fingerprint density at radius 3 is 2.84 bits per heavy atom. The molecule has 0 bridgehead atoms. The number of amides is 1. The van der Waals surface area contributed by atoms with E-state index in [0.717, 1.165) is 31.6 Å². The third-order valence-electron chi connectivity index (χ3n) is 3.16. The molecular formula is C14H16ClN3O. The summed E-state index contributed by atoms with van der Waals surface area (Å²) < 4.78 is 0. The Kier molecular flexibility index (Phi) is 4.64. The molecule has 100 valence electrons. The first-order valence-electron chi connectivity index (χ1n) is 6.38. The molecule has 19 heavy (non-hydrogen) atoms. The fourth-order valence-electron chi connectivity index (χ4n) is 2.18. The molecule has 1 aromatic rings. The summed E-state index contributed by atoms with van der Waals surface area (Å²) in [6.45, 7) is 1.63. The number of benzene rings is 1. The first-order valence-corrected chi connectivity index (χ1v) is 6.76. The minimum atomic E-state index is -0.522. The highest BCUT2D eigenvalue weighted by molar-refractivity contribution is 6.30. The number of nitriles is 1. The molecule has 1 atom stereocenters. The van der Waals surface area contributed by atoms with Gasteiger partial charge in [-0.05, 0) is 31.0 Å². The Labute approximate surface area is 118 Å². The first kappa shape index (κ1) is 13.7. The second-order valence-electron chi connectivity index (χ2n) is 4.63. The van der Waals surface area contributed by atoms with Crippen LogP contribution in [0.25, 0.3) is 0 Å². The Morgan fingerprint density at radius 2 is 2.21 bits per heavy atom. The maximum Gasteiger partial charge on any atom is 0.225 e. The number of likely N-dealkylation sites (tertiary alicyclic amines) is 1. The maximum absolute atomic E-state index is 12.0. The van der Waals surface area contributed by atoms with Crippen molar-refractivity contribution in [2.24, 2.45) is 0 Å². The number of rotatable bonds is 4. The molecule has 0 radical (unpaired) electrons. The molecule has 1 aromatic carbocycles. The lowest BCUT2D eigenvalue weighted by Gasteiger charge is -2.18. The second kappa shape index (κ2) is 6.44. The predicted molar refractivity (Wildman–Crippen MR) is 74.9 cm³/mol. The van der Waals surface area contributed by atoms with Gasteiger partial charge in [0, 0.05) is 23.8 Å². The van der Waals surface area contributed by atoms with Gasteiger partial charge in [0.15, 0.2) is 0 Å². The summed E-state index contributed by atoms with van der Waals surface area (Å²) in [5, 5.41) is 12.8. The molecule has 0 saturated carbocycles. The zero-order valence-corrected chi connectivity index (χ0v) is 11.4. The van der Waals surface area contributed by atoms with Crippen LogP contribution in [0.2, 0.25) is 5.02 Å². The van der Waals surface area contributed by atoms with E-state index >= 15 is 0 Å². The molecule has 1 N–H and O–H groups in total. The lowest BCUT2D eigenvalue weighted by molar-refractivity contribution is -0.130. The largest absolute Gasteiger partial charge is 0.369 e. The van der Waals surface area contributed by atoms with E-state index in [2.05, 4.69) is 11.4 Å². The minimum Gasteiger partial charge on any atom is -0.369 e. The average Bonchev–Trinajstić information content (AvgIpc) is 2.92. The number of nitrogens with one attached hydrogen (secondary N) is 1. The monoisotopic (exact) mass is 277 g/mol. The van der Waals surface area contributed by atoms with Gasteiger partial charge in [-0.3, -0.25) is 4.79 Å². The van der Waals surface area contributed by atoms with Crippen molar-refractivity contribution in [3.05, 3.63) is 29.3 Å². The molecule has 1 amide bonds. The van der Waals surface area contributed by atoms with Crippen molar-refractivity contribution in [3.8, 4) is 6.07 Å². The Hall–Kier alpha value is -1.73. The molecule has 5 heteroatoms. The van der Waals surface area contributed by atoms with Gasteiger partial charge in [0.2, 0.25) is 5.91 Å². The summed E-state index contributed by atoms with van der Waals surface area (Å²) in [5.41, 5.74) is 0.758. The van der Waals surface area contributed by atoms with E-state index in [1.54, 1.807) is 18.2 Å². The second-order valence-corrected chi connectivity index (χ2v) is 5.06. The van der Waals surface area contributed by atoms with Crippen LogP contribution in [0.3, 0.4) is 0 Å². The minimum absolute atomic E-state index is 0.0404. The van der Waals surface area contributed by atoms with Crippen LogP contribution in [0, 0.1) is 11.3 Å². The topological polar surface area (TPSA) is 56.1 Å². The molecule has 1 aliphatic heterocycles. The highest BCUT2D eigenvalue weighted by atomic mass is 35.5. The third kappa shape index (κ3) is 3.87. The molecular weight excluding hydrogens is 262 g/mol. The smallest absolute Gasteiger partial charge is 0.225 e. The first-order chi connectivity index (χ1) is 9.19. The van der Waals surface area contributed by atoms with Crippen LogP contribution in [-0.4, -0.2) is 29.9 Å². The van der Waals surface area contributed by atoms with Crippen molar-refractivity contribution in [1.82, 2.24) is 4.90 Å². The van der Waals surface area contributed by atoms with Gasteiger partial charge in [0.05, 0.1) is 12.5 Å². The van der Waals surface area contributed by atoms with Crippen LogP contribution in [-0.2, 0) is 4.79 Å². The van der Waals surface area contributed by atoms with Crippen LogP contribution < -0.4 is 5.32 Å². The van der Waals surface area contributed by atoms with E-state index in [0.29, 0.717) is 5.02 Å². The predicted octanol–water partition coefficient (Wildman–Crippen LogP) is 2.66. The summed E-state index contributed by atoms with van der Waals surface area (Å²) in [5.74, 6) is 0.0404. The molecule has 2 rings (SSSR count). The van der Waals surface area contributed by atoms with Gasteiger partial charge < -0.3 is 10.2 Å². The molecule has 1 unspecified atom stereocenters. The Balaban J connectivity index is 1.93. The number of carbonyl (C=O) groups excluding carboxylic acids is 1. The van der Waals surface area contributed by atoms with Gasteiger partial charge in [0.1, 0.15) is 6.04 Å². The van der Waals surface area contributed by atoms with Crippen LogP contribution in [0.15, 0.2) is 24.3 Å². The summed E-state index contributed by atoms with van der Waals surface area (Å²) in [7, 11) is 0. The van der Waals surface area contributed by atoms with Gasteiger partial charge in [-0.2, -0.15) is 5.26 Å². The van der Waals surface area contributed by atoms with Crippen molar-refractivity contribution in [2.75, 3.05) is 18.4 Å². The zero-order valence-electron chi connectivity index (χ0n) is 10.6. The number of hydrogen-bond donors (Lipinski definition) is 1. The highest BCUT2D eigenvalue weighted by Crippen LogP contribution is 2.17. The summed E-state index contributed by atoms with van der Waals surface area (Å²) >= 11 is 5.88. The van der Waals surface area contributed by atoms with Crippen molar-refractivity contribution >= 4 is 23.2 Å². The number of carbonyl (C=O) groups is 1. The van der Waals surface area contributed by atoms with Crippen molar-refractivity contribution < 1.29 is 4.79 Å². The zero-order chi connectivity index (χ0) is 13.7. The Bertz CT molecular complexity index is 492. The van der Waals surface area contributed by atoms with Gasteiger partial charge in [-0.15, -0.1) is 0 Å². The third-order valence-corrected chi connectivity index (χ3v) is 3.39. The van der Waals surface area contributed by atoms with Gasteiger partial charge >= 0.3 is 0 Å². The van der Waals surface area contributed by atoms with Crippen LogP contribution in [0.1, 0.15) is 19.3 Å². The van der Waals surface area contributed by atoms with Crippen molar-refractivity contribution in [1.29, 1.82) is 5.26 Å². The maximum atomic E-state index is 12.0. The summed E-state index contributed by atoms with van der Waals surface area (Å²) in [6, 6.07) is 8.75. The summed E-state index contributed by atoms with van der Waals surface area (Å²) in [4.78, 5) is 13.8. The lowest BCUT2D eigenvalue weighted by Crippen LogP contribution is -2.32. The van der Waals surface area contributed by atoms with Gasteiger partial charge in [-0.1, -0.05) is 17.7 Å². The SMILES string of the molecule is N#CC(CC(=O)N1CCCC1)Nc1cccc(Cl)c1. The molecule has 0 spiro atoms. The highest BCUT2D eigenvalue weighted by Gasteiger charge is 2.21. The molecule has 1 fully saturated rings. The number of nitrogens with zero attached hydrogens (tertiary/aromatic N) is 2. The number of hydrogen-bond acceptors (Lipinski definition) is 3.